The van der Waals surface area contributed by atoms with Crippen molar-refractivity contribution in [3.63, 3.8) is 0 Å². The predicted molar refractivity (Wildman–Crippen MR) is 96.9 cm³/mol. The fraction of sp³-hybridized carbons (Fsp3) is 0.278. The van der Waals surface area contributed by atoms with Crippen LogP contribution in [0.3, 0.4) is 0 Å². The van der Waals surface area contributed by atoms with Gasteiger partial charge in [-0.15, -0.1) is 0 Å². The molecule has 4 rings (SSSR count). The SMILES string of the molecule is NC[C@@]1(C(=O)O)[C@@H](c2ccc3c(c2)OCO3)[C@@H]1S(=O)(=O)c1ccc(Cl)cc1. The highest BCUT2D eigenvalue weighted by Gasteiger charge is 2.75. The number of hydrogen-bond donors (Lipinski definition) is 2. The largest absolute Gasteiger partial charge is 0.481 e. The van der Waals surface area contributed by atoms with Crippen molar-refractivity contribution in [1.82, 2.24) is 0 Å². The van der Waals surface area contributed by atoms with Crippen LogP contribution in [-0.4, -0.2) is 38.1 Å². The summed E-state index contributed by atoms with van der Waals surface area (Å²) in [5.74, 6) is -1.05. The van der Waals surface area contributed by atoms with Gasteiger partial charge in [-0.3, -0.25) is 4.79 Å². The lowest BCUT2D eigenvalue weighted by molar-refractivity contribution is -0.143. The van der Waals surface area contributed by atoms with Crippen molar-refractivity contribution < 1.29 is 27.8 Å². The van der Waals surface area contributed by atoms with E-state index in [9.17, 15) is 18.3 Å². The van der Waals surface area contributed by atoms with Gasteiger partial charge in [-0.1, -0.05) is 17.7 Å². The zero-order valence-corrected chi connectivity index (χ0v) is 15.5. The minimum absolute atomic E-state index is 0.0132. The Morgan fingerprint density at radius 1 is 1.19 bits per heavy atom. The van der Waals surface area contributed by atoms with Crippen molar-refractivity contribution in [3.8, 4) is 11.5 Å². The average molecular weight is 410 g/mol. The fourth-order valence-electron chi connectivity index (χ4n) is 3.80. The Morgan fingerprint density at radius 3 is 2.48 bits per heavy atom. The van der Waals surface area contributed by atoms with Crippen LogP contribution in [0, 0.1) is 5.41 Å². The molecule has 1 aliphatic heterocycles. The molecule has 9 heteroatoms. The minimum Gasteiger partial charge on any atom is -0.481 e. The number of aliphatic carboxylic acids is 1. The normalized spacial score (nSPS) is 26.0. The standard InChI is InChI=1S/C18H16ClNO6S/c19-11-2-4-12(5-3-11)27(23,24)16-15(18(16,8-20)17(21)22)10-1-6-13-14(7-10)26-9-25-13/h1-7,15-16H,8-9,20H2,(H,21,22)/t15-,16-,18+/m0/s1. The lowest BCUT2D eigenvalue weighted by Crippen LogP contribution is -2.31. The highest BCUT2D eigenvalue weighted by atomic mass is 35.5. The first-order valence-electron chi connectivity index (χ1n) is 8.15. The number of nitrogens with two attached hydrogens (primary N) is 1. The molecule has 3 N–H and O–H groups in total. The summed E-state index contributed by atoms with van der Waals surface area (Å²) in [6, 6.07) is 10.6. The van der Waals surface area contributed by atoms with Crippen molar-refractivity contribution in [2.45, 2.75) is 16.1 Å². The number of fused-ring (bicyclic) bond motifs is 1. The Balaban J connectivity index is 1.80. The van der Waals surface area contributed by atoms with Crippen molar-refractivity contribution in [3.05, 3.63) is 53.1 Å². The summed E-state index contributed by atoms with van der Waals surface area (Å²) >= 11 is 5.83. The molecule has 2 aliphatic rings. The molecule has 1 aliphatic carbocycles. The maximum atomic E-state index is 13.2. The molecule has 0 saturated heterocycles. The molecule has 142 valence electrons. The smallest absolute Gasteiger partial charge is 0.312 e. The van der Waals surface area contributed by atoms with Crippen molar-refractivity contribution in [2.75, 3.05) is 13.3 Å². The number of hydrogen-bond acceptors (Lipinski definition) is 6. The fourth-order valence-corrected chi connectivity index (χ4v) is 6.31. The van der Waals surface area contributed by atoms with Gasteiger partial charge < -0.3 is 20.3 Å². The van der Waals surface area contributed by atoms with Gasteiger partial charge in [0.25, 0.3) is 0 Å². The van der Waals surface area contributed by atoms with Crippen LogP contribution in [0.2, 0.25) is 5.02 Å². The van der Waals surface area contributed by atoms with Crippen LogP contribution >= 0.6 is 11.6 Å². The van der Waals surface area contributed by atoms with E-state index < -0.39 is 32.4 Å². The summed E-state index contributed by atoms with van der Waals surface area (Å²) in [4.78, 5) is 12.1. The zero-order chi connectivity index (χ0) is 19.4. The zero-order valence-electron chi connectivity index (χ0n) is 14.0. The van der Waals surface area contributed by atoms with E-state index in [0.717, 1.165) is 0 Å². The molecule has 1 saturated carbocycles. The molecule has 27 heavy (non-hydrogen) atoms. The number of halogens is 1. The Morgan fingerprint density at radius 2 is 1.85 bits per heavy atom. The van der Waals surface area contributed by atoms with Crippen molar-refractivity contribution >= 4 is 27.4 Å². The van der Waals surface area contributed by atoms with E-state index in [2.05, 4.69) is 0 Å². The van der Waals surface area contributed by atoms with E-state index in [4.69, 9.17) is 26.8 Å². The van der Waals surface area contributed by atoms with Gasteiger partial charge in [-0.2, -0.15) is 0 Å². The lowest BCUT2D eigenvalue weighted by atomic mass is 9.99. The van der Waals surface area contributed by atoms with Gasteiger partial charge in [0.15, 0.2) is 21.3 Å². The number of ether oxygens (including phenoxy) is 2. The van der Waals surface area contributed by atoms with Crippen molar-refractivity contribution in [1.29, 1.82) is 0 Å². The Bertz CT molecular complexity index is 1020. The van der Waals surface area contributed by atoms with Gasteiger partial charge in [0.2, 0.25) is 6.79 Å². The number of carbonyl (C=O) groups is 1. The maximum absolute atomic E-state index is 13.2. The van der Waals surface area contributed by atoms with Crippen LogP contribution in [0.4, 0.5) is 0 Å². The van der Waals surface area contributed by atoms with Gasteiger partial charge in [0.05, 0.1) is 10.1 Å². The van der Waals surface area contributed by atoms with E-state index >= 15 is 0 Å². The molecule has 0 unspecified atom stereocenters. The minimum atomic E-state index is -3.95. The maximum Gasteiger partial charge on any atom is 0.312 e. The van der Waals surface area contributed by atoms with E-state index in [0.29, 0.717) is 22.1 Å². The summed E-state index contributed by atoms with van der Waals surface area (Å²) in [7, 11) is -3.95. The first-order chi connectivity index (χ1) is 12.8. The van der Waals surface area contributed by atoms with Crippen LogP contribution in [-0.2, 0) is 14.6 Å². The molecule has 0 amide bonds. The third kappa shape index (κ3) is 2.59. The van der Waals surface area contributed by atoms with Crippen LogP contribution in [0.15, 0.2) is 47.4 Å². The number of carboxylic acid groups (broad SMARTS) is 1. The second kappa shape index (κ2) is 6.12. The number of sulfone groups is 1. The molecule has 2 aromatic rings. The van der Waals surface area contributed by atoms with Crippen LogP contribution in [0.1, 0.15) is 11.5 Å². The summed E-state index contributed by atoms with van der Waals surface area (Å²) in [6.07, 6.45) is 0. The second-order valence-electron chi connectivity index (χ2n) is 6.56. The Labute approximate surface area is 160 Å². The molecule has 1 fully saturated rings. The Kier molecular flexibility index (Phi) is 4.10. The summed E-state index contributed by atoms with van der Waals surface area (Å²) < 4.78 is 37.0. The first-order valence-corrected chi connectivity index (χ1v) is 10.1. The summed E-state index contributed by atoms with van der Waals surface area (Å²) in [6.45, 7) is -0.240. The van der Waals surface area contributed by atoms with E-state index in [1.54, 1.807) is 18.2 Å². The molecular formula is C18H16ClNO6S. The molecule has 7 nitrogen and oxygen atoms in total. The van der Waals surface area contributed by atoms with E-state index in [1.807, 2.05) is 0 Å². The van der Waals surface area contributed by atoms with E-state index in [-0.39, 0.29) is 18.2 Å². The summed E-state index contributed by atoms with van der Waals surface area (Å²) in [5, 5.41) is 9.04. The molecule has 0 radical (unpaired) electrons. The first kappa shape index (κ1) is 18.1. The molecule has 2 aromatic carbocycles. The van der Waals surface area contributed by atoms with Crippen LogP contribution in [0.25, 0.3) is 0 Å². The van der Waals surface area contributed by atoms with E-state index in [1.165, 1.54) is 24.3 Å². The molecular weight excluding hydrogens is 394 g/mol. The monoisotopic (exact) mass is 409 g/mol. The predicted octanol–water partition coefficient (Wildman–Crippen LogP) is 2.04. The van der Waals surface area contributed by atoms with Crippen molar-refractivity contribution in [2.24, 2.45) is 11.1 Å². The average Bonchev–Trinajstić information content (AvgIpc) is 3.15. The van der Waals surface area contributed by atoms with Gasteiger partial charge in [-0.05, 0) is 42.0 Å². The third-order valence-corrected chi connectivity index (χ3v) is 7.77. The topological polar surface area (TPSA) is 116 Å². The third-order valence-electron chi connectivity index (χ3n) is 5.22. The molecule has 0 aromatic heterocycles. The highest BCUT2D eigenvalue weighted by molar-refractivity contribution is 7.92. The van der Waals surface area contributed by atoms with Crippen LogP contribution < -0.4 is 15.2 Å². The molecule has 3 atom stereocenters. The molecule has 1 heterocycles. The van der Waals surface area contributed by atoms with Crippen LogP contribution in [0.5, 0.6) is 11.5 Å². The molecule has 0 spiro atoms. The van der Waals surface area contributed by atoms with Gasteiger partial charge in [0.1, 0.15) is 5.41 Å². The van der Waals surface area contributed by atoms with Gasteiger partial charge in [0, 0.05) is 17.5 Å². The van der Waals surface area contributed by atoms with Gasteiger partial charge in [-0.25, -0.2) is 8.42 Å². The number of rotatable bonds is 5. The van der Waals surface area contributed by atoms with Gasteiger partial charge >= 0.3 is 5.97 Å². The number of benzene rings is 2. The Hall–Kier alpha value is -2.29. The molecule has 0 bridgehead atoms. The summed E-state index contributed by atoms with van der Waals surface area (Å²) in [5.41, 5.74) is 4.71. The second-order valence-corrected chi connectivity index (χ2v) is 9.07. The highest BCUT2D eigenvalue weighted by Crippen LogP contribution is 2.64. The number of carboxylic acids is 1. The lowest BCUT2D eigenvalue weighted by Gasteiger charge is -2.10. The quantitative estimate of drug-likeness (QED) is 0.776.